The number of nitrogens with one attached hydrogen (secondary N) is 1. The van der Waals surface area contributed by atoms with Gasteiger partial charge in [-0.25, -0.2) is 0 Å². The summed E-state index contributed by atoms with van der Waals surface area (Å²) in [4.78, 5) is 12.4. The molecule has 0 unspecified atom stereocenters. The third kappa shape index (κ3) is 4.61. The van der Waals surface area contributed by atoms with Crippen LogP contribution in [-0.4, -0.2) is 18.5 Å². The van der Waals surface area contributed by atoms with Gasteiger partial charge in [-0.15, -0.1) is 0 Å². The maximum Gasteiger partial charge on any atom is 0.251 e. The fourth-order valence-corrected chi connectivity index (χ4v) is 2.81. The summed E-state index contributed by atoms with van der Waals surface area (Å²) in [5.41, 5.74) is 7.98. The van der Waals surface area contributed by atoms with Crippen LogP contribution in [-0.2, 0) is 0 Å². The van der Waals surface area contributed by atoms with Crippen LogP contribution in [0.5, 0.6) is 0 Å². The summed E-state index contributed by atoms with van der Waals surface area (Å²) in [7, 11) is 0. The first kappa shape index (κ1) is 15.6. The minimum absolute atomic E-state index is 0.00838. The number of aryl methyl sites for hydroxylation is 1. The molecular weight excluding hydrogens is 260 g/mol. The molecule has 0 aliphatic heterocycles. The molecule has 1 aliphatic rings. The highest BCUT2D eigenvalue weighted by Crippen LogP contribution is 2.23. The molecule has 3 N–H and O–H groups in total. The molecule has 0 aromatic heterocycles. The summed E-state index contributed by atoms with van der Waals surface area (Å²) < 4.78 is 0. The van der Waals surface area contributed by atoms with Crippen molar-refractivity contribution in [2.75, 3.05) is 6.54 Å². The lowest BCUT2D eigenvalue weighted by atomic mass is 9.87. The second-order valence-electron chi connectivity index (χ2n) is 6.02. The van der Waals surface area contributed by atoms with Gasteiger partial charge in [-0.2, -0.15) is 0 Å². The standard InChI is InChI=1S/C18H24N2O/c1-13-5-7-17(8-6-13)20-18(21)16-11-14(2)10-15(12-16)4-3-9-19/h10-13,17H,5-9,19H2,1-2H3,(H,20,21). The predicted octanol–water partition coefficient (Wildman–Crippen LogP) is 2.61. The van der Waals surface area contributed by atoms with Gasteiger partial charge in [0, 0.05) is 17.2 Å². The number of hydrogen-bond donors (Lipinski definition) is 2. The molecule has 0 spiro atoms. The Morgan fingerprint density at radius 2 is 2.00 bits per heavy atom. The van der Waals surface area contributed by atoms with Crippen LogP contribution in [0.2, 0.25) is 0 Å². The molecule has 1 fully saturated rings. The van der Waals surface area contributed by atoms with Crippen molar-refractivity contribution in [3.63, 3.8) is 0 Å². The van der Waals surface area contributed by atoms with Crippen LogP contribution in [0.1, 0.15) is 54.1 Å². The van der Waals surface area contributed by atoms with E-state index in [-0.39, 0.29) is 5.91 Å². The summed E-state index contributed by atoms with van der Waals surface area (Å²) in [6.07, 6.45) is 4.56. The molecule has 1 amide bonds. The van der Waals surface area contributed by atoms with E-state index in [9.17, 15) is 4.79 Å². The van der Waals surface area contributed by atoms with Gasteiger partial charge in [0.05, 0.1) is 6.54 Å². The van der Waals surface area contributed by atoms with Gasteiger partial charge in [0.1, 0.15) is 0 Å². The SMILES string of the molecule is Cc1cc(C#CCN)cc(C(=O)NC2CCC(C)CC2)c1. The Bertz CT molecular complexity index is 560. The number of carbonyl (C=O) groups is 1. The van der Waals surface area contributed by atoms with Gasteiger partial charge in [0.15, 0.2) is 0 Å². The number of amides is 1. The zero-order valence-electron chi connectivity index (χ0n) is 12.9. The van der Waals surface area contributed by atoms with Crippen LogP contribution < -0.4 is 11.1 Å². The molecule has 0 bridgehead atoms. The molecule has 2 rings (SSSR count). The van der Waals surface area contributed by atoms with Gasteiger partial charge >= 0.3 is 0 Å². The molecule has 112 valence electrons. The highest BCUT2D eigenvalue weighted by Gasteiger charge is 2.20. The summed E-state index contributed by atoms with van der Waals surface area (Å²) in [6.45, 7) is 4.59. The molecule has 1 aromatic rings. The zero-order valence-corrected chi connectivity index (χ0v) is 12.9. The van der Waals surface area contributed by atoms with Gasteiger partial charge in [0.25, 0.3) is 5.91 Å². The highest BCUT2D eigenvalue weighted by atomic mass is 16.1. The van der Waals surface area contributed by atoms with E-state index in [0.29, 0.717) is 18.2 Å². The van der Waals surface area contributed by atoms with Crippen molar-refractivity contribution in [1.29, 1.82) is 0 Å². The van der Waals surface area contributed by atoms with Crippen molar-refractivity contribution in [3.8, 4) is 11.8 Å². The molecule has 0 heterocycles. The predicted molar refractivity (Wildman–Crippen MR) is 86.0 cm³/mol. The second kappa shape index (κ2) is 7.28. The minimum Gasteiger partial charge on any atom is -0.349 e. The normalized spacial score (nSPS) is 21.3. The third-order valence-electron chi connectivity index (χ3n) is 4.03. The fraction of sp³-hybridized carbons (Fsp3) is 0.500. The monoisotopic (exact) mass is 284 g/mol. The largest absolute Gasteiger partial charge is 0.349 e. The van der Waals surface area contributed by atoms with E-state index in [0.717, 1.165) is 29.9 Å². The number of hydrogen-bond acceptors (Lipinski definition) is 2. The zero-order chi connectivity index (χ0) is 15.2. The lowest BCUT2D eigenvalue weighted by Gasteiger charge is -2.27. The molecule has 1 aliphatic carbocycles. The van der Waals surface area contributed by atoms with E-state index in [1.165, 1.54) is 12.8 Å². The molecule has 0 atom stereocenters. The van der Waals surface area contributed by atoms with E-state index in [4.69, 9.17) is 5.73 Å². The lowest BCUT2D eigenvalue weighted by Crippen LogP contribution is -2.37. The summed E-state index contributed by atoms with van der Waals surface area (Å²) >= 11 is 0. The maximum absolute atomic E-state index is 12.4. The molecule has 1 aromatic carbocycles. The van der Waals surface area contributed by atoms with Gasteiger partial charge in [0.2, 0.25) is 0 Å². The average molecular weight is 284 g/mol. The molecule has 3 nitrogen and oxygen atoms in total. The summed E-state index contributed by atoms with van der Waals surface area (Å²) in [5.74, 6) is 6.62. The number of carbonyl (C=O) groups excluding carboxylic acids is 1. The van der Waals surface area contributed by atoms with Gasteiger partial charge in [-0.1, -0.05) is 18.8 Å². The topological polar surface area (TPSA) is 55.1 Å². The Labute approximate surface area is 127 Å². The Hall–Kier alpha value is -1.79. The van der Waals surface area contributed by atoms with Crippen LogP contribution in [0.15, 0.2) is 18.2 Å². The van der Waals surface area contributed by atoms with Gasteiger partial charge in [-0.05, 0) is 62.3 Å². The number of benzene rings is 1. The second-order valence-corrected chi connectivity index (χ2v) is 6.02. The van der Waals surface area contributed by atoms with Crippen molar-refractivity contribution >= 4 is 5.91 Å². The molecule has 21 heavy (non-hydrogen) atoms. The van der Waals surface area contributed by atoms with E-state index < -0.39 is 0 Å². The minimum atomic E-state index is 0.00838. The number of rotatable bonds is 2. The molecule has 1 saturated carbocycles. The average Bonchev–Trinajstić information content (AvgIpc) is 2.47. The highest BCUT2D eigenvalue weighted by molar-refractivity contribution is 5.95. The van der Waals surface area contributed by atoms with E-state index >= 15 is 0 Å². The van der Waals surface area contributed by atoms with Crippen LogP contribution in [0, 0.1) is 24.7 Å². The van der Waals surface area contributed by atoms with Crippen molar-refractivity contribution in [2.45, 2.75) is 45.6 Å². The van der Waals surface area contributed by atoms with Crippen LogP contribution >= 0.6 is 0 Å². The first-order chi connectivity index (χ1) is 10.1. The summed E-state index contributed by atoms with van der Waals surface area (Å²) in [5, 5.41) is 3.15. The third-order valence-corrected chi connectivity index (χ3v) is 4.03. The van der Waals surface area contributed by atoms with Crippen LogP contribution in [0.4, 0.5) is 0 Å². The molecule has 0 saturated heterocycles. The van der Waals surface area contributed by atoms with E-state index in [1.54, 1.807) is 0 Å². The van der Waals surface area contributed by atoms with Gasteiger partial charge in [-0.3, -0.25) is 4.79 Å². The first-order valence-electron chi connectivity index (χ1n) is 7.70. The lowest BCUT2D eigenvalue weighted by molar-refractivity contribution is 0.0923. The van der Waals surface area contributed by atoms with Crippen molar-refractivity contribution in [1.82, 2.24) is 5.32 Å². The van der Waals surface area contributed by atoms with E-state index in [1.807, 2.05) is 25.1 Å². The van der Waals surface area contributed by atoms with Crippen molar-refractivity contribution in [3.05, 3.63) is 34.9 Å². The maximum atomic E-state index is 12.4. The smallest absolute Gasteiger partial charge is 0.251 e. The Morgan fingerprint density at radius 1 is 1.29 bits per heavy atom. The Kier molecular flexibility index (Phi) is 5.41. The molecule has 3 heteroatoms. The Morgan fingerprint density at radius 3 is 2.67 bits per heavy atom. The van der Waals surface area contributed by atoms with Gasteiger partial charge < -0.3 is 11.1 Å². The van der Waals surface area contributed by atoms with Crippen LogP contribution in [0.25, 0.3) is 0 Å². The van der Waals surface area contributed by atoms with Crippen LogP contribution in [0.3, 0.4) is 0 Å². The fourth-order valence-electron chi connectivity index (χ4n) is 2.81. The Balaban J connectivity index is 2.06. The first-order valence-corrected chi connectivity index (χ1v) is 7.70. The van der Waals surface area contributed by atoms with Crippen molar-refractivity contribution < 1.29 is 4.79 Å². The summed E-state index contributed by atoms with van der Waals surface area (Å²) in [6, 6.07) is 6.04. The van der Waals surface area contributed by atoms with Crippen molar-refractivity contribution in [2.24, 2.45) is 11.7 Å². The quantitative estimate of drug-likeness (QED) is 0.820. The van der Waals surface area contributed by atoms with E-state index in [2.05, 4.69) is 24.1 Å². The molecule has 0 radical (unpaired) electrons. The number of nitrogens with two attached hydrogens (primary N) is 1. The molecular formula is C18H24N2O.